The van der Waals surface area contributed by atoms with E-state index in [-0.39, 0.29) is 30.2 Å². The molecule has 0 radical (unpaired) electrons. The van der Waals surface area contributed by atoms with Gasteiger partial charge in [-0.1, -0.05) is 29.4 Å². The first-order valence-corrected chi connectivity index (χ1v) is 13.4. The summed E-state index contributed by atoms with van der Waals surface area (Å²) in [6.07, 6.45) is 11.0. The molecule has 2 aliphatic rings. The molecule has 1 aliphatic heterocycles. The minimum atomic E-state index is -0.273. The monoisotopic (exact) mass is 538 g/mol. The first-order valence-electron chi connectivity index (χ1n) is 13.4. The van der Waals surface area contributed by atoms with E-state index in [0.29, 0.717) is 11.7 Å². The maximum absolute atomic E-state index is 13.0. The summed E-state index contributed by atoms with van der Waals surface area (Å²) in [5, 5.41) is 7.20. The van der Waals surface area contributed by atoms with Gasteiger partial charge in [-0.15, -0.1) is 12.4 Å². The van der Waals surface area contributed by atoms with Gasteiger partial charge in [0, 0.05) is 37.7 Å². The summed E-state index contributed by atoms with van der Waals surface area (Å²) in [7, 11) is 0. The third-order valence-electron chi connectivity index (χ3n) is 7.73. The third-order valence-corrected chi connectivity index (χ3v) is 7.73. The Bertz CT molecular complexity index is 1240. The molecule has 1 amide bonds. The van der Waals surface area contributed by atoms with Gasteiger partial charge >= 0.3 is 0 Å². The molecule has 8 heteroatoms. The number of amides is 1. The van der Waals surface area contributed by atoms with Crippen molar-refractivity contribution in [3.63, 3.8) is 0 Å². The van der Waals surface area contributed by atoms with Crippen molar-refractivity contribution in [3.05, 3.63) is 76.9 Å². The molecule has 1 N–H and O–H groups in total. The van der Waals surface area contributed by atoms with Crippen molar-refractivity contribution in [3.8, 4) is 11.4 Å². The Balaban J connectivity index is 0.00000336. The summed E-state index contributed by atoms with van der Waals surface area (Å²) in [6, 6.07) is 12.9. The molecule has 1 saturated carbocycles. The Hall–Kier alpha value is -3.03. The Morgan fingerprint density at radius 3 is 2.53 bits per heavy atom. The molecule has 0 bridgehead atoms. The molecule has 5 rings (SSSR count). The second-order valence-electron chi connectivity index (χ2n) is 10.4. The Kier molecular flexibility index (Phi) is 9.69. The van der Waals surface area contributed by atoms with Crippen LogP contribution in [-0.2, 0) is 17.6 Å². The van der Waals surface area contributed by atoms with E-state index < -0.39 is 0 Å². The molecule has 0 unspecified atom stereocenters. The van der Waals surface area contributed by atoms with Crippen LogP contribution in [0, 0.1) is 18.7 Å². The number of hydrogen-bond donors (Lipinski definition) is 1. The predicted molar refractivity (Wildman–Crippen MR) is 150 cm³/mol. The molecular weight excluding hydrogens is 503 g/mol. The van der Waals surface area contributed by atoms with E-state index in [1.165, 1.54) is 29.7 Å². The Morgan fingerprint density at radius 1 is 1.08 bits per heavy atom. The number of fused-ring (bicyclic) bond motifs is 1. The van der Waals surface area contributed by atoms with Crippen molar-refractivity contribution < 1.29 is 13.7 Å². The molecule has 1 aromatic heterocycles. The molecule has 6 nitrogen and oxygen atoms in total. The minimum Gasteiger partial charge on any atom is -0.350 e. The molecule has 0 atom stereocenters. The van der Waals surface area contributed by atoms with Gasteiger partial charge in [-0.2, -0.15) is 4.98 Å². The van der Waals surface area contributed by atoms with Crippen LogP contribution in [0.25, 0.3) is 17.5 Å². The number of nitrogens with one attached hydrogen (secondary N) is 1. The zero-order valence-electron chi connectivity index (χ0n) is 21.9. The molecule has 2 heterocycles. The van der Waals surface area contributed by atoms with Crippen LogP contribution in [-0.4, -0.2) is 46.6 Å². The van der Waals surface area contributed by atoms with Crippen LogP contribution in [0.4, 0.5) is 4.39 Å². The van der Waals surface area contributed by atoms with Gasteiger partial charge in [0.2, 0.25) is 17.6 Å². The van der Waals surface area contributed by atoms with E-state index in [0.717, 1.165) is 75.2 Å². The van der Waals surface area contributed by atoms with Crippen LogP contribution >= 0.6 is 12.4 Å². The number of rotatable bonds is 7. The summed E-state index contributed by atoms with van der Waals surface area (Å²) in [6.45, 7) is 5.12. The highest BCUT2D eigenvalue weighted by Crippen LogP contribution is 2.28. The number of aryl methyl sites for hydroxylation is 1. The van der Waals surface area contributed by atoms with Crippen LogP contribution in [0.1, 0.15) is 54.7 Å². The first-order chi connectivity index (χ1) is 18.0. The molecule has 38 heavy (non-hydrogen) atoms. The average Bonchev–Trinajstić information content (AvgIpc) is 3.24. The molecule has 0 saturated heterocycles. The quantitative estimate of drug-likeness (QED) is 0.386. The van der Waals surface area contributed by atoms with Crippen LogP contribution in [0.2, 0.25) is 0 Å². The second kappa shape index (κ2) is 13.2. The van der Waals surface area contributed by atoms with Gasteiger partial charge in [0.1, 0.15) is 5.82 Å². The zero-order valence-corrected chi connectivity index (χ0v) is 22.7. The van der Waals surface area contributed by atoms with E-state index in [2.05, 4.69) is 38.6 Å². The second-order valence-corrected chi connectivity index (χ2v) is 10.4. The number of nitrogens with zero attached hydrogens (tertiary/aromatic N) is 3. The van der Waals surface area contributed by atoms with Crippen molar-refractivity contribution in [2.75, 3.05) is 19.6 Å². The van der Waals surface area contributed by atoms with Gasteiger partial charge in [0.05, 0.1) is 0 Å². The smallest absolute Gasteiger partial charge is 0.244 e. The fourth-order valence-corrected chi connectivity index (χ4v) is 5.51. The molecule has 2 aromatic carbocycles. The standard InChI is InChI=1S/C30H35FN4O2.ClH/c1-21-32-30(34-37-21)26-8-7-24-15-18-35(19-16-25(24)20-26)17-14-23-4-11-28(12-5-23)33-29(36)13-6-22-2-9-27(31)10-3-22;/h2-3,6-10,13,20,23,28H,4-5,11-12,14-19H2,1H3,(H,33,36);1H/t23-,28-;. The SMILES string of the molecule is Cc1nc(-c2ccc3c(c2)CCN(CC[C@H]2CC[C@H](NC(=O)C=Cc4ccc(F)cc4)CC2)CC3)no1.Cl. The van der Waals surface area contributed by atoms with Crippen LogP contribution < -0.4 is 5.32 Å². The summed E-state index contributed by atoms with van der Waals surface area (Å²) >= 11 is 0. The maximum atomic E-state index is 13.0. The van der Waals surface area contributed by atoms with E-state index >= 15 is 0 Å². The van der Waals surface area contributed by atoms with Crippen molar-refractivity contribution in [2.45, 2.75) is 57.9 Å². The summed E-state index contributed by atoms with van der Waals surface area (Å²) in [5.41, 5.74) is 4.67. The van der Waals surface area contributed by atoms with Gasteiger partial charge in [0.15, 0.2) is 0 Å². The normalized spacial score (nSPS) is 19.9. The molecule has 202 valence electrons. The number of benzene rings is 2. The van der Waals surface area contributed by atoms with Crippen LogP contribution in [0.5, 0.6) is 0 Å². The largest absolute Gasteiger partial charge is 0.350 e. The van der Waals surface area contributed by atoms with Crippen molar-refractivity contribution in [2.24, 2.45) is 5.92 Å². The Morgan fingerprint density at radius 2 is 1.82 bits per heavy atom. The lowest BCUT2D eigenvalue weighted by Crippen LogP contribution is -2.37. The van der Waals surface area contributed by atoms with Crippen LogP contribution in [0.15, 0.2) is 53.1 Å². The first kappa shape index (κ1) is 28.0. The lowest BCUT2D eigenvalue weighted by Gasteiger charge is -2.30. The van der Waals surface area contributed by atoms with Gasteiger partial charge in [0.25, 0.3) is 0 Å². The highest BCUT2D eigenvalue weighted by Gasteiger charge is 2.23. The fraction of sp³-hybridized carbons (Fsp3) is 0.433. The van der Waals surface area contributed by atoms with Crippen molar-refractivity contribution in [1.82, 2.24) is 20.4 Å². The number of carbonyl (C=O) groups is 1. The van der Waals surface area contributed by atoms with Gasteiger partial charge in [-0.3, -0.25) is 4.79 Å². The molecule has 1 aliphatic carbocycles. The van der Waals surface area contributed by atoms with Gasteiger partial charge < -0.3 is 14.7 Å². The lowest BCUT2D eigenvalue weighted by atomic mass is 9.84. The summed E-state index contributed by atoms with van der Waals surface area (Å²) < 4.78 is 18.2. The number of carbonyl (C=O) groups excluding carboxylic acids is 1. The number of aromatic nitrogens is 2. The van der Waals surface area contributed by atoms with Crippen LogP contribution in [0.3, 0.4) is 0 Å². The van der Waals surface area contributed by atoms with E-state index in [9.17, 15) is 9.18 Å². The molecule has 0 spiro atoms. The molecule has 1 fully saturated rings. The highest BCUT2D eigenvalue weighted by molar-refractivity contribution is 5.91. The maximum Gasteiger partial charge on any atom is 0.244 e. The van der Waals surface area contributed by atoms with Crippen molar-refractivity contribution in [1.29, 1.82) is 0 Å². The van der Waals surface area contributed by atoms with Crippen molar-refractivity contribution >= 4 is 24.4 Å². The minimum absolute atomic E-state index is 0. The fourth-order valence-electron chi connectivity index (χ4n) is 5.51. The third kappa shape index (κ3) is 7.51. The predicted octanol–water partition coefficient (Wildman–Crippen LogP) is 5.79. The van der Waals surface area contributed by atoms with Gasteiger partial charge in [-0.25, -0.2) is 4.39 Å². The molecule has 3 aromatic rings. The van der Waals surface area contributed by atoms with E-state index in [4.69, 9.17) is 4.52 Å². The average molecular weight is 539 g/mol. The number of hydrogen-bond acceptors (Lipinski definition) is 5. The van der Waals surface area contributed by atoms with Gasteiger partial charge in [-0.05, 0) is 98.4 Å². The molecular formula is C30H36ClFN4O2. The van der Waals surface area contributed by atoms with E-state index in [1.54, 1.807) is 24.3 Å². The Labute approximate surface area is 230 Å². The lowest BCUT2D eigenvalue weighted by molar-refractivity contribution is -0.117. The highest BCUT2D eigenvalue weighted by atomic mass is 35.5. The number of halogens is 2. The summed E-state index contributed by atoms with van der Waals surface area (Å²) in [5.74, 6) is 1.63. The summed E-state index contributed by atoms with van der Waals surface area (Å²) in [4.78, 5) is 19.3. The zero-order chi connectivity index (χ0) is 25.6. The topological polar surface area (TPSA) is 71.3 Å². The van der Waals surface area contributed by atoms with E-state index in [1.807, 2.05) is 6.92 Å².